The molecule has 1 aliphatic heterocycles. The first-order valence-corrected chi connectivity index (χ1v) is 15.6. The molecule has 0 aromatic carbocycles. The van der Waals surface area contributed by atoms with Crippen molar-refractivity contribution in [1.82, 2.24) is 19.4 Å². The van der Waals surface area contributed by atoms with Crippen molar-refractivity contribution in [2.75, 3.05) is 13.6 Å². The van der Waals surface area contributed by atoms with Crippen LogP contribution in [0.25, 0.3) is 11.0 Å². The Labute approximate surface area is 253 Å². The number of aromatic nitrogens is 2. The Morgan fingerprint density at radius 2 is 1.81 bits per heavy atom. The number of halogens is 1. The lowest BCUT2D eigenvalue weighted by Crippen LogP contribution is -2.47. The van der Waals surface area contributed by atoms with Crippen molar-refractivity contribution >= 4 is 46.2 Å². The van der Waals surface area contributed by atoms with Gasteiger partial charge in [0.2, 0.25) is 5.91 Å². The Hall–Kier alpha value is -2.94. The van der Waals surface area contributed by atoms with Gasteiger partial charge in [0.1, 0.15) is 11.2 Å². The van der Waals surface area contributed by atoms with E-state index < -0.39 is 23.7 Å². The second kappa shape index (κ2) is 13.1. The molecule has 1 saturated carbocycles. The number of amides is 2. The highest BCUT2D eigenvalue weighted by atomic mass is 35.5. The van der Waals surface area contributed by atoms with Gasteiger partial charge in [-0.15, -0.1) is 0 Å². The average Bonchev–Trinajstić information content (AvgIpc) is 3.54. The fourth-order valence-corrected chi connectivity index (χ4v) is 6.57. The number of ether oxygens (including phenoxy) is 1. The standard InChI is InChI=1S/C32H45ClN4O5/c1-20(35(6)31(41)42-32(3,4)5)28(39)16-25(22-11-8-7-9-12-22)30(40)37-14-10-13-24(37)18-36-19-27(21(2)38)26-15-23(33)17-34-29(26)36/h15,17,19-20,22,24-25H,7-14,16,18H2,1-6H3/t20-,24-,25-/m0/s1. The number of ketones is 2. The quantitative estimate of drug-likeness (QED) is 0.313. The largest absolute Gasteiger partial charge is 0.444 e. The Morgan fingerprint density at radius 1 is 1.12 bits per heavy atom. The van der Waals surface area contributed by atoms with Crippen LogP contribution in [0.3, 0.4) is 0 Å². The van der Waals surface area contributed by atoms with Crippen molar-refractivity contribution in [2.45, 2.75) is 110 Å². The van der Waals surface area contributed by atoms with Crippen LogP contribution in [-0.2, 0) is 20.9 Å². The molecule has 0 unspecified atom stereocenters. The molecule has 230 valence electrons. The van der Waals surface area contributed by atoms with E-state index >= 15 is 0 Å². The van der Waals surface area contributed by atoms with Gasteiger partial charge in [0, 0.05) is 61.9 Å². The van der Waals surface area contributed by atoms with Gasteiger partial charge in [-0.1, -0.05) is 30.9 Å². The summed E-state index contributed by atoms with van der Waals surface area (Å²) in [6.07, 6.45) is 9.73. The summed E-state index contributed by atoms with van der Waals surface area (Å²) in [4.78, 5) is 60.6. The maximum absolute atomic E-state index is 14.3. The van der Waals surface area contributed by atoms with Crippen LogP contribution in [0.5, 0.6) is 0 Å². The zero-order valence-corrected chi connectivity index (χ0v) is 26.6. The first-order valence-electron chi connectivity index (χ1n) is 15.2. The molecule has 0 radical (unpaired) electrons. The molecule has 4 rings (SSSR count). The van der Waals surface area contributed by atoms with Gasteiger partial charge in [-0.05, 0) is 72.3 Å². The molecule has 2 fully saturated rings. The third kappa shape index (κ3) is 7.33. The van der Waals surface area contributed by atoms with Crippen LogP contribution in [0.15, 0.2) is 18.5 Å². The van der Waals surface area contributed by atoms with Crippen molar-refractivity contribution in [3.8, 4) is 0 Å². The predicted molar refractivity (Wildman–Crippen MR) is 163 cm³/mol. The topological polar surface area (TPSA) is 102 Å². The summed E-state index contributed by atoms with van der Waals surface area (Å²) >= 11 is 6.18. The van der Waals surface area contributed by atoms with Crippen molar-refractivity contribution in [3.05, 3.63) is 29.0 Å². The number of carbonyl (C=O) groups excluding carboxylic acids is 4. The fourth-order valence-electron chi connectivity index (χ4n) is 6.41. The smallest absolute Gasteiger partial charge is 0.410 e. The molecule has 3 atom stereocenters. The molecular weight excluding hydrogens is 556 g/mol. The minimum absolute atomic E-state index is 0.0177. The van der Waals surface area contributed by atoms with E-state index in [1.54, 1.807) is 47.0 Å². The first kappa shape index (κ1) is 32.0. The average molecular weight is 601 g/mol. The minimum Gasteiger partial charge on any atom is -0.444 e. The van der Waals surface area contributed by atoms with Gasteiger partial charge in [-0.2, -0.15) is 0 Å². The van der Waals surface area contributed by atoms with Gasteiger partial charge in [0.15, 0.2) is 11.6 Å². The van der Waals surface area contributed by atoms with Gasteiger partial charge in [-0.3, -0.25) is 14.4 Å². The van der Waals surface area contributed by atoms with Crippen LogP contribution < -0.4 is 0 Å². The molecule has 1 aliphatic carbocycles. The summed E-state index contributed by atoms with van der Waals surface area (Å²) in [5, 5.41) is 1.17. The SMILES string of the molecule is CC(=O)c1cn(C[C@@H]2CCCN2C(=O)[C@@H](CC(=O)[C@H](C)N(C)C(=O)OC(C)(C)C)C2CCCCC2)c2ncc(Cl)cc12. The summed E-state index contributed by atoms with van der Waals surface area (Å²) < 4.78 is 7.42. The van der Waals surface area contributed by atoms with E-state index in [1.165, 1.54) is 11.8 Å². The lowest BCUT2D eigenvalue weighted by molar-refractivity contribution is -0.142. The summed E-state index contributed by atoms with van der Waals surface area (Å²) in [6.45, 7) is 9.74. The number of fused-ring (bicyclic) bond motifs is 1. The van der Waals surface area contributed by atoms with E-state index in [1.807, 2.05) is 15.7 Å². The van der Waals surface area contributed by atoms with Gasteiger partial charge in [0.05, 0.1) is 11.1 Å². The first-order chi connectivity index (χ1) is 19.8. The van der Waals surface area contributed by atoms with Crippen molar-refractivity contribution < 1.29 is 23.9 Å². The Kier molecular flexibility index (Phi) is 10.0. The van der Waals surface area contributed by atoms with Crippen LogP contribution in [-0.4, -0.2) is 74.2 Å². The van der Waals surface area contributed by atoms with Crippen LogP contribution in [0.1, 0.15) is 96.3 Å². The lowest BCUT2D eigenvalue weighted by Gasteiger charge is -2.35. The van der Waals surface area contributed by atoms with Gasteiger partial charge >= 0.3 is 6.09 Å². The molecule has 0 N–H and O–H groups in total. The molecule has 42 heavy (non-hydrogen) atoms. The number of pyridine rings is 1. The monoisotopic (exact) mass is 600 g/mol. The fraction of sp³-hybridized carbons (Fsp3) is 0.656. The lowest BCUT2D eigenvalue weighted by atomic mass is 9.76. The summed E-state index contributed by atoms with van der Waals surface area (Å²) in [5.74, 6) is -0.478. The third-order valence-corrected chi connectivity index (χ3v) is 9.02. The molecule has 10 heteroatoms. The Bertz CT molecular complexity index is 1330. The van der Waals surface area contributed by atoms with Crippen LogP contribution >= 0.6 is 11.6 Å². The highest BCUT2D eigenvalue weighted by Crippen LogP contribution is 2.36. The Balaban J connectivity index is 1.54. The number of nitrogens with zero attached hydrogens (tertiary/aromatic N) is 4. The number of rotatable bonds is 9. The van der Waals surface area contributed by atoms with Crippen LogP contribution in [0.2, 0.25) is 5.02 Å². The molecular formula is C32H45ClN4O5. The molecule has 0 bridgehead atoms. The van der Waals surface area contributed by atoms with Gasteiger partial charge in [-0.25, -0.2) is 9.78 Å². The molecule has 2 aliphatic rings. The normalized spacial score (nSPS) is 19.5. The summed E-state index contributed by atoms with van der Waals surface area (Å²) in [5.41, 5.74) is 0.559. The zero-order valence-electron chi connectivity index (χ0n) is 25.8. The number of likely N-dealkylation sites (tertiary alicyclic amines) is 1. The number of Topliss-reactive ketones (excluding diaryl/α,β-unsaturated/α-hetero) is 2. The van der Waals surface area contributed by atoms with Gasteiger partial charge < -0.3 is 19.1 Å². The number of hydrogen-bond acceptors (Lipinski definition) is 6. The molecule has 1 saturated heterocycles. The summed E-state index contributed by atoms with van der Waals surface area (Å²) in [7, 11) is 1.57. The van der Waals surface area contributed by atoms with Crippen LogP contribution in [0, 0.1) is 11.8 Å². The second-order valence-corrected chi connectivity index (χ2v) is 13.5. The van der Waals surface area contributed by atoms with Crippen molar-refractivity contribution in [1.29, 1.82) is 0 Å². The molecule has 2 aromatic rings. The number of carbonyl (C=O) groups is 4. The maximum Gasteiger partial charge on any atom is 0.410 e. The minimum atomic E-state index is -0.706. The van der Waals surface area contributed by atoms with Crippen molar-refractivity contribution in [2.24, 2.45) is 11.8 Å². The van der Waals surface area contributed by atoms with E-state index in [2.05, 4.69) is 4.98 Å². The maximum atomic E-state index is 14.3. The van der Waals surface area contributed by atoms with Crippen LogP contribution in [0.4, 0.5) is 4.79 Å². The van der Waals surface area contributed by atoms with E-state index in [0.29, 0.717) is 34.7 Å². The Morgan fingerprint density at radius 3 is 2.45 bits per heavy atom. The number of likely N-dealkylation sites (N-methyl/N-ethyl adjacent to an activating group) is 1. The molecule has 2 aromatic heterocycles. The highest BCUT2D eigenvalue weighted by molar-refractivity contribution is 6.31. The van der Waals surface area contributed by atoms with E-state index in [9.17, 15) is 19.2 Å². The zero-order chi connectivity index (χ0) is 30.8. The third-order valence-electron chi connectivity index (χ3n) is 8.81. The van der Waals surface area contributed by atoms with Gasteiger partial charge in [0.25, 0.3) is 0 Å². The van der Waals surface area contributed by atoms with E-state index in [-0.39, 0.29) is 35.9 Å². The second-order valence-electron chi connectivity index (χ2n) is 13.0. The molecule has 3 heterocycles. The molecule has 2 amide bonds. The molecule has 9 nitrogen and oxygen atoms in total. The molecule has 0 spiro atoms. The predicted octanol–water partition coefficient (Wildman–Crippen LogP) is 6.29. The van der Waals surface area contributed by atoms with Crippen molar-refractivity contribution in [3.63, 3.8) is 0 Å². The summed E-state index contributed by atoms with van der Waals surface area (Å²) in [6, 6.07) is 0.977. The van der Waals surface area contributed by atoms with E-state index in [0.717, 1.165) is 44.9 Å². The van der Waals surface area contributed by atoms with E-state index in [4.69, 9.17) is 16.3 Å². The number of hydrogen-bond donors (Lipinski definition) is 0. The highest BCUT2D eigenvalue weighted by Gasteiger charge is 2.40.